The number of fused-ring (bicyclic) bond motifs is 2. The fraction of sp³-hybridized carbons (Fsp3) is 0.425. The molecule has 0 aromatic heterocycles. The third kappa shape index (κ3) is 7.90. The quantitative estimate of drug-likeness (QED) is 0.298. The molecule has 2 aliphatic heterocycles. The number of nitrogens with one attached hydrogen (secondary N) is 2. The molecule has 3 aromatic rings. The molecule has 0 spiro atoms. The van der Waals surface area contributed by atoms with Crippen molar-refractivity contribution in [2.75, 3.05) is 18.4 Å². The van der Waals surface area contributed by atoms with Gasteiger partial charge in [-0.25, -0.2) is 4.79 Å². The number of Topliss-reactive ketones (excluding diaryl/α,β-unsaturated/α-hetero) is 1. The maximum absolute atomic E-state index is 14.4. The number of piperidine rings is 1. The zero-order chi connectivity index (χ0) is 35.5. The second kappa shape index (κ2) is 14.5. The van der Waals surface area contributed by atoms with Gasteiger partial charge in [-0.05, 0) is 87.3 Å². The summed E-state index contributed by atoms with van der Waals surface area (Å²) >= 11 is 0. The van der Waals surface area contributed by atoms with Gasteiger partial charge in [0.1, 0.15) is 17.2 Å². The molecule has 0 bridgehead atoms. The number of likely N-dealkylation sites (tertiary alicyclic amines) is 1. The molecular formula is C40H46N4O6. The summed E-state index contributed by atoms with van der Waals surface area (Å²) in [5.74, 6) is -1.26. The highest BCUT2D eigenvalue weighted by atomic mass is 16.6. The second-order valence-corrected chi connectivity index (χ2v) is 14.6. The molecule has 6 rings (SSSR count). The highest BCUT2D eigenvalue weighted by Gasteiger charge is 2.46. The van der Waals surface area contributed by atoms with Crippen molar-refractivity contribution in [3.8, 4) is 0 Å². The van der Waals surface area contributed by atoms with Crippen molar-refractivity contribution >= 4 is 35.3 Å². The Morgan fingerprint density at radius 1 is 0.820 bits per heavy atom. The van der Waals surface area contributed by atoms with Gasteiger partial charge in [0.15, 0.2) is 5.78 Å². The van der Waals surface area contributed by atoms with Crippen molar-refractivity contribution in [3.05, 3.63) is 101 Å². The number of anilines is 1. The fourth-order valence-corrected chi connectivity index (χ4v) is 7.18. The number of hydrogen-bond donors (Lipinski definition) is 2. The monoisotopic (exact) mass is 678 g/mol. The van der Waals surface area contributed by atoms with Crippen LogP contribution in [0.1, 0.15) is 85.5 Å². The van der Waals surface area contributed by atoms with Crippen LogP contribution in [0.5, 0.6) is 0 Å². The fourth-order valence-electron chi connectivity index (χ4n) is 7.18. The van der Waals surface area contributed by atoms with Gasteiger partial charge in [0.2, 0.25) is 17.7 Å². The summed E-state index contributed by atoms with van der Waals surface area (Å²) in [5, 5.41) is 6.16. The van der Waals surface area contributed by atoms with E-state index in [0.717, 1.165) is 30.4 Å². The van der Waals surface area contributed by atoms with Crippen molar-refractivity contribution < 1.29 is 28.7 Å². The van der Waals surface area contributed by atoms with Crippen molar-refractivity contribution in [2.24, 2.45) is 0 Å². The van der Waals surface area contributed by atoms with Crippen LogP contribution in [0.2, 0.25) is 0 Å². The summed E-state index contributed by atoms with van der Waals surface area (Å²) in [6.07, 6.45) is 3.15. The van der Waals surface area contributed by atoms with E-state index in [1.165, 1.54) is 16.0 Å². The van der Waals surface area contributed by atoms with E-state index in [9.17, 15) is 24.0 Å². The molecule has 1 atom stereocenters. The maximum atomic E-state index is 14.4. The number of ether oxygens (including phenoxy) is 1. The molecule has 0 unspecified atom stereocenters. The molecule has 10 heteroatoms. The number of hydrogen-bond acceptors (Lipinski definition) is 6. The van der Waals surface area contributed by atoms with Gasteiger partial charge < -0.3 is 25.2 Å². The summed E-state index contributed by atoms with van der Waals surface area (Å²) in [4.78, 5) is 71.4. The number of aryl methyl sites for hydroxylation is 2. The van der Waals surface area contributed by atoms with E-state index in [4.69, 9.17) is 4.74 Å². The number of amides is 4. The number of rotatable bonds is 8. The Morgan fingerprint density at radius 2 is 1.50 bits per heavy atom. The van der Waals surface area contributed by atoms with Crippen LogP contribution in [-0.4, -0.2) is 69.7 Å². The smallest absolute Gasteiger partial charge is 0.410 e. The van der Waals surface area contributed by atoms with Crippen molar-refractivity contribution in [1.82, 2.24) is 15.1 Å². The van der Waals surface area contributed by atoms with E-state index in [-0.39, 0.29) is 69.3 Å². The predicted octanol–water partition coefficient (Wildman–Crippen LogP) is 5.62. The minimum atomic E-state index is -1.34. The zero-order valence-corrected chi connectivity index (χ0v) is 29.1. The van der Waals surface area contributed by atoms with E-state index in [0.29, 0.717) is 11.3 Å². The molecule has 0 radical (unpaired) electrons. The summed E-state index contributed by atoms with van der Waals surface area (Å²) in [7, 11) is 0. The first kappa shape index (κ1) is 34.9. The van der Waals surface area contributed by atoms with Crippen LogP contribution < -0.4 is 10.6 Å². The van der Waals surface area contributed by atoms with Crippen LogP contribution in [0.25, 0.3) is 0 Å². The Kier molecular flexibility index (Phi) is 10.1. The molecule has 1 aliphatic carbocycles. The minimum Gasteiger partial charge on any atom is -0.444 e. The Bertz CT molecular complexity index is 1770. The molecule has 2 N–H and O–H groups in total. The molecule has 3 aliphatic rings. The molecule has 1 saturated heterocycles. The lowest BCUT2D eigenvalue weighted by Crippen LogP contribution is -2.65. The maximum Gasteiger partial charge on any atom is 0.410 e. The number of nitrogens with zero attached hydrogens (tertiary/aromatic N) is 2. The number of benzene rings is 3. The molecule has 0 saturated carbocycles. The Morgan fingerprint density at radius 3 is 2.22 bits per heavy atom. The van der Waals surface area contributed by atoms with Crippen LogP contribution in [0.3, 0.4) is 0 Å². The van der Waals surface area contributed by atoms with Gasteiger partial charge in [-0.1, -0.05) is 60.7 Å². The third-order valence-corrected chi connectivity index (χ3v) is 9.96. The van der Waals surface area contributed by atoms with Gasteiger partial charge in [0.05, 0.1) is 0 Å². The lowest BCUT2D eigenvalue weighted by Gasteiger charge is -2.43. The first-order chi connectivity index (χ1) is 23.9. The average molecular weight is 679 g/mol. The molecule has 50 heavy (non-hydrogen) atoms. The normalized spacial score (nSPS) is 18.0. The third-order valence-electron chi connectivity index (χ3n) is 9.96. The van der Waals surface area contributed by atoms with Crippen LogP contribution in [0.15, 0.2) is 72.8 Å². The van der Waals surface area contributed by atoms with Gasteiger partial charge in [0, 0.05) is 50.1 Å². The van der Waals surface area contributed by atoms with E-state index >= 15 is 0 Å². The highest BCUT2D eigenvalue weighted by Crippen LogP contribution is 2.31. The Hall–Kier alpha value is -4.99. The van der Waals surface area contributed by atoms with Crippen LogP contribution in [0, 0.1) is 0 Å². The standard InChI is InChI=1S/C40H46N4O6/c1-39(2,3)50-38(49)43-22-20-40(21-23-43,37(48)41-32-17-16-27-14-9-15-29(27)24-32)42-36(47)33-25-30-12-7-8-13-31(30)26-44(33)35(46)19-18-34(45)28-10-5-4-6-11-28/h4-8,10-13,16-17,24,33H,9,14-15,18-23,25-26H2,1-3H3,(H,41,48)(H,42,47)/t33-/m0/s1. The SMILES string of the molecule is CC(C)(C)OC(=O)N1CCC(NC(=O)[C@@H]2Cc3ccccc3CN2C(=O)CCC(=O)c2ccccc2)(C(=O)Nc2ccc3c(c2)CCC3)CC1. The molecule has 10 nitrogen and oxygen atoms in total. The van der Waals surface area contributed by atoms with Crippen molar-refractivity contribution in [3.63, 3.8) is 0 Å². The molecule has 262 valence electrons. The topological polar surface area (TPSA) is 125 Å². The number of carbonyl (C=O) groups is 5. The minimum absolute atomic E-state index is 0.0168. The Labute approximate surface area is 293 Å². The van der Waals surface area contributed by atoms with Gasteiger partial charge in [0.25, 0.3) is 0 Å². The van der Waals surface area contributed by atoms with Gasteiger partial charge >= 0.3 is 6.09 Å². The summed E-state index contributed by atoms with van der Waals surface area (Å²) < 4.78 is 5.59. The first-order valence-corrected chi connectivity index (χ1v) is 17.6. The summed E-state index contributed by atoms with van der Waals surface area (Å²) in [6, 6.07) is 21.6. The van der Waals surface area contributed by atoms with Crippen molar-refractivity contribution in [2.45, 2.75) is 95.9 Å². The highest BCUT2D eigenvalue weighted by molar-refractivity contribution is 6.02. The molecule has 3 aromatic carbocycles. The Balaban J connectivity index is 1.23. The van der Waals surface area contributed by atoms with Crippen molar-refractivity contribution in [1.29, 1.82) is 0 Å². The van der Waals surface area contributed by atoms with E-state index in [2.05, 4.69) is 10.6 Å². The largest absolute Gasteiger partial charge is 0.444 e. The lowest BCUT2D eigenvalue weighted by molar-refractivity contribution is -0.144. The molecule has 2 heterocycles. The van der Waals surface area contributed by atoms with Crippen LogP contribution >= 0.6 is 0 Å². The average Bonchev–Trinajstić information content (AvgIpc) is 3.58. The van der Waals surface area contributed by atoms with Crippen LogP contribution in [-0.2, 0) is 44.9 Å². The number of carbonyl (C=O) groups excluding carboxylic acids is 5. The van der Waals surface area contributed by atoms with E-state index < -0.39 is 29.2 Å². The van der Waals surface area contributed by atoms with Gasteiger partial charge in [-0.2, -0.15) is 0 Å². The molecule has 4 amide bonds. The van der Waals surface area contributed by atoms with Gasteiger partial charge in [-0.3, -0.25) is 19.2 Å². The first-order valence-electron chi connectivity index (χ1n) is 17.6. The number of ketones is 1. The second-order valence-electron chi connectivity index (χ2n) is 14.6. The van der Waals surface area contributed by atoms with E-state index in [1.807, 2.05) is 48.5 Å². The molecular weight excluding hydrogens is 632 g/mol. The molecule has 1 fully saturated rings. The van der Waals surface area contributed by atoms with Gasteiger partial charge in [-0.15, -0.1) is 0 Å². The lowest BCUT2D eigenvalue weighted by atomic mass is 9.85. The van der Waals surface area contributed by atoms with E-state index in [1.54, 1.807) is 49.9 Å². The predicted molar refractivity (Wildman–Crippen MR) is 190 cm³/mol. The summed E-state index contributed by atoms with van der Waals surface area (Å²) in [5.41, 5.74) is 3.55. The van der Waals surface area contributed by atoms with Crippen LogP contribution in [0.4, 0.5) is 10.5 Å². The summed E-state index contributed by atoms with van der Waals surface area (Å²) in [6.45, 7) is 6.02. The zero-order valence-electron chi connectivity index (χ0n) is 29.1.